The van der Waals surface area contributed by atoms with Gasteiger partial charge in [-0.2, -0.15) is 0 Å². The number of hydrogen-bond donors (Lipinski definition) is 1. The van der Waals surface area contributed by atoms with Gasteiger partial charge >= 0.3 is 5.97 Å². The smallest absolute Gasteiger partial charge is 0.337 e. The first-order chi connectivity index (χ1) is 13.1. The van der Waals surface area contributed by atoms with Crippen molar-refractivity contribution in [2.75, 3.05) is 0 Å². The van der Waals surface area contributed by atoms with Gasteiger partial charge < -0.3 is 9.84 Å². The number of carboxylic acid groups (broad SMARTS) is 1. The van der Waals surface area contributed by atoms with E-state index >= 15 is 0 Å². The van der Waals surface area contributed by atoms with E-state index in [-0.39, 0.29) is 0 Å². The maximum absolute atomic E-state index is 13.8. The van der Waals surface area contributed by atoms with E-state index in [2.05, 4.69) is 4.98 Å². The van der Waals surface area contributed by atoms with Crippen LogP contribution in [0.15, 0.2) is 42.5 Å². The maximum atomic E-state index is 13.8. The Morgan fingerprint density at radius 2 is 1.82 bits per heavy atom. The van der Waals surface area contributed by atoms with Crippen LogP contribution in [0, 0.1) is 12.7 Å². The molecule has 3 aromatic rings. The van der Waals surface area contributed by atoms with Gasteiger partial charge in [0, 0.05) is 27.7 Å². The molecule has 4 nitrogen and oxygen atoms in total. The number of aliphatic carboxylic acids is 1. The lowest BCUT2D eigenvalue weighted by molar-refractivity contribution is -0.160. The third-order valence-corrected chi connectivity index (χ3v) is 4.52. The molecule has 3 rings (SSSR count). The number of carboxylic acids is 1. The number of aryl methyl sites for hydroxylation is 1. The molecule has 1 aromatic heterocycles. The topological polar surface area (TPSA) is 59.4 Å². The lowest BCUT2D eigenvalue weighted by Crippen LogP contribution is -2.28. The minimum Gasteiger partial charge on any atom is -0.479 e. The highest BCUT2D eigenvalue weighted by Crippen LogP contribution is 2.39. The highest BCUT2D eigenvalue weighted by Gasteiger charge is 2.32. The van der Waals surface area contributed by atoms with Crippen molar-refractivity contribution < 1.29 is 19.0 Å². The van der Waals surface area contributed by atoms with Crippen LogP contribution in [0.4, 0.5) is 4.39 Å². The molecule has 0 aliphatic carbocycles. The molecule has 0 aliphatic rings. The first-order valence-electron chi connectivity index (χ1n) is 8.83. The van der Waals surface area contributed by atoms with Gasteiger partial charge in [-0.3, -0.25) is 4.98 Å². The molecule has 1 atom stereocenters. The quantitative estimate of drug-likeness (QED) is 0.587. The van der Waals surface area contributed by atoms with Crippen molar-refractivity contribution in [2.24, 2.45) is 0 Å². The zero-order valence-electron chi connectivity index (χ0n) is 16.1. The van der Waals surface area contributed by atoms with Crippen LogP contribution in [0.5, 0.6) is 0 Å². The number of pyridine rings is 1. The molecule has 0 amide bonds. The van der Waals surface area contributed by atoms with Crippen molar-refractivity contribution >= 4 is 28.5 Å². The van der Waals surface area contributed by atoms with Crippen molar-refractivity contribution in [2.45, 2.75) is 39.4 Å². The molecular weight excluding hydrogens is 381 g/mol. The second kappa shape index (κ2) is 7.49. The monoisotopic (exact) mass is 401 g/mol. The van der Waals surface area contributed by atoms with Crippen LogP contribution < -0.4 is 0 Å². The summed E-state index contributed by atoms with van der Waals surface area (Å²) >= 11 is 6.03. The number of benzene rings is 2. The van der Waals surface area contributed by atoms with E-state index in [0.29, 0.717) is 32.7 Å². The Bertz CT molecular complexity index is 1040. The molecule has 0 aliphatic heterocycles. The third-order valence-electron chi connectivity index (χ3n) is 4.27. The average molecular weight is 402 g/mol. The molecule has 1 N–H and O–H groups in total. The second-order valence-electron chi connectivity index (χ2n) is 7.60. The fourth-order valence-electron chi connectivity index (χ4n) is 3.21. The van der Waals surface area contributed by atoms with Crippen LogP contribution in [0.1, 0.15) is 38.1 Å². The fourth-order valence-corrected chi connectivity index (χ4v) is 3.34. The number of aromatic nitrogens is 1. The van der Waals surface area contributed by atoms with Gasteiger partial charge in [-0.05, 0) is 63.1 Å². The normalized spacial score (nSPS) is 12.9. The van der Waals surface area contributed by atoms with E-state index in [0.717, 1.165) is 5.56 Å². The first kappa shape index (κ1) is 20.2. The predicted molar refractivity (Wildman–Crippen MR) is 108 cm³/mol. The summed E-state index contributed by atoms with van der Waals surface area (Å²) < 4.78 is 19.7. The zero-order chi connectivity index (χ0) is 20.6. The van der Waals surface area contributed by atoms with Crippen LogP contribution in [0.25, 0.3) is 22.0 Å². The Morgan fingerprint density at radius 1 is 1.18 bits per heavy atom. The van der Waals surface area contributed by atoms with Crippen molar-refractivity contribution in [1.29, 1.82) is 0 Å². The van der Waals surface area contributed by atoms with E-state index in [1.165, 1.54) is 12.1 Å². The Labute approximate surface area is 167 Å². The molecule has 28 heavy (non-hydrogen) atoms. The van der Waals surface area contributed by atoms with Crippen molar-refractivity contribution in [3.8, 4) is 11.1 Å². The summed E-state index contributed by atoms with van der Waals surface area (Å²) in [5.41, 5.74) is 2.08. The summed E-state index contributed by atoms with van der Waals surface area (Å²) in [4.78, 5) is 16.6. The molecule has 2 aromatic carbocycles. The van der Waals surface area contributed by atoms with Crippen molar-refractivity contribution in [3.05, 3.63) is 64.6 Å². The molecule has 0 radical (unpaired) electrons. The minimum absolute atomic E-state index is 0.407. The minimum atomic E-state index is -1.23. The number of rotatable bonds is 4. The number of ether oxygens (including phenoxy) is 1. The molecule has 0 bridgehead atoms. The van der Waals surface area contributed by atoms with E-state index in [1.54, 1.807) is 58.0 Å². The number of halogens is 2. The predicted octanol–water partition coefficient (Wildman–Crippen LogP) is 5.94. The van der Waals surface area contributed by atoms with Gasteiger partial charge in [0.05, 0.1) is 11.1 Å². The Balaban J connectivity index is 2.39. The molecule has 0 saturated heterocycles. The van der Waals surface area contributed by atoms with Crippen LogP contribution >= 0.6 is 11.6 Å². The summed E-state index contributed by atoms with van der Waals surface area (Å²) in [7, 11) is 0. The number of hydrogen-bond acceptors (Lipinski definition) is 3. The van der Waals surface area contributed by atoms with Crippen LogP contribution in [0.2, 0.25) is 5.02 Å². The second-order valence-corrected chi connectivity index (χ2v) is 8.04. The van der Waals surface area contributed by atoms with Gasteiger partial charge in [-0.1, -0.05) is 23.7 Å². The summed E-state index contributed by atoms with van der Waals surface area (Å²) in [5, 5.41) is 11.1. The van der Waals surface area contributed by atoms with Gasteiger partial charge in [-0.15, -0.1) is 0 Å². The molecule has 0 unspecified atom stereocenters. The average Bonchev–Trinajstić information content (AvgIpc) is 2.58. The maximum Gasteiger partial charge on any atom is 0.337 e. The molecule has 1 heterocycles. The van der Waals surface area contributed by atoms with Crippen LogP contribution in [0.3, 0.4) is 0 Å². The summed E-state index contributed by atoms with van der Waals surface area (Å²) in [6.45, 7) is 7.10. The molecule has 6 heteroatoms. The lowest BCUT2D eigenvalue weighted by atomic mass is 9.91. The molecular formula is C22H21ClFNO3. The lowest BCUT2D eigenvalue weighted by Gasteiger charge is -2.28. The largest absolute Gasteiger partial charge is 0.479 e. The van der Waals surface area contributed by atoms with Gasteiger partial charge in [-0.25, -0.2) is 9.18 Å². The summed E-state index contributed by atoms with van der Waals surface area (Å²) in [6.07, 6.45) is -1.23. The summed E-state index contributed by atoms with van der Waals surface area (Å²) in [5.74, 6) is -1.52. The SMILES string of the molecule is Cc1nc2cc(F)ccc2c(-c2ccc(Cl)cc2)c1[C@H](OC(C)(C)C)C(=O)O. The Morgan fingerprint density at radius 3 is 2.39 bits per heavy atom. The highest BCUT2D eigenvalue weighted by molar-refractivity contribution is 6.30. The van der Waals surface area contributed by atoms with E-state index in [1.807, 2.05) is 0 Å². The van der Waals surface area contributed by atoms with Crippen molar-refractivity contribution in [3.63, 3.8) is 0 Å². The Hall–Kier alpha value is -2.50. The van der Waals surface area contributed by atoms with Crippen LogP contribution in [-0.4, -0.2) is 21.7 Å². The molecule has 0 spiro atoms. The van der Waals surface area contributed by atoms with Gasteiger partial charge in [0.2, 0.25) is 0 Å². The highest BCUT2D eigenvalue weighted by atomic mass is 35.5. The number of fused-ring (bicyclic) bond motifs is 1. The Kier molecular flexibility index (Phi) is 5.41. The number of carbonyl (C=O) groups is 1. The first-order valence-corrected chi connectivity index (χ1v) is 9.21. The fraction of sp³-hybridized carbons (Fsp3) is 0.273. The standard InChI is InChI=1S/C22H21ClFNO3/c1-12-18(20(21(26)27)28-22(2,3)4)19(13-5-7-14(23)8-6-13)16-10-9-15(24)11-17(16)25-12/h5-11,20H,1-4H3,(H,26,27)/t20-/m0/s1. The van der Waals surface area contributed by atoms with Gasteiger partial charge in [0.15, 0.2) is 6.10 Å². The zero-order valence-corrected chi connectivity index (χ0v) is 16.8. The molecule has 0 fully saturated rings. The van der Waals surface area contributed by atoms with Crippen molar-refractivity contribution in [1.82, 2.24) is 4.98 Å². The summed E-state index contributed by atoms with van der Waals surface area (Å²) in [6, 6.07) is 11.4. The van der Waals surface area contributed by atoms with E-state index in [4.69, 9.17) is 16.3 Å². The molecule has 146 valence electrons. The van der Waals surface area contributed by atoms with E-state index in [9.17, 15) is 14.3 Å². The van der Waals surface area contributed by atoms with Crippen LogP contribution in [-0.2, 0) is 9.53 Å². The third kappa shape index (κ3) is 4.16. The van der Waals surface area contributed by atoms with E-state index < -0.39 is 23.5 Å². The van der Waals surface area contributed by atoms with Gasteiger partial charge in [0.25, 0.3) is 0 Å². The number of nitrogens with zero attached hydrogens (tertiary/aromatic N) is 1. The van der Waals surface area contributed by atoms with Gasteiger partial charge in [0.1, 0.15) is 5.82 Å². The molecule has 0 saturated carbocycles.